The summed E-state index contributed by atoms with van der Waals surface area (Å²) in [6, 6.07) is 8.52. The number of rotatable bonds is 1. The van der Waals surface area contributed by atoms with Crippen molar-refractivity contribution < 1.29 is 9.47 Å². The number of ether oxygens (including phenoxy) is 2. The molecule has 0 amide bonds. The van der Waals surface area contributed by atoms with Crippen LogP contribution in [0.5, 0.6) is 0 Å². The molecule has 0 unspecified atom stereocenters. The van der Waals surface area contributed by atoms with Gasteiger partial charge < -0.3 is 14.5 Å². The Labute approximate surface area is 118 Å². The molecule has 3 nitrogen and oxygen atoms in total. The molecule has 104 valence electrons. The third kappa shape index (κ3) is 1.81. The number of hydrogen-bond acceptors (Lipinski definition) is 2. The van der Waals surface area contributed by atoms with Crippen molar-refractivity contribution in [2.75, 3.05) is 13.2 Å². The predicted octanol–water partition coefficient (Wildman–Crippen LogP) is 3.79. The number of hydrogen-bond donors (Lipinski definition) is 1. The van der Waals surface area contributed by atoms with Crippen molar-refractivity contribution in [3.8, 4) is 0 Å². The van der Waals surface area contributed by atoms with Gasteiger partial charge in [0.05, 0.1) is 13.2 Å². The van der Waals surface area contributed by atoms with Crippen molar-refractivity contribution in [1.29, 1.82) is 0 Å². The third-order valence-corrected chi connectivity index (χ3v) is 4.46. The van der Waals surface area contributed by atoms with Gasteiger partial charge in [0, 0.05) is 35.0 Å². The smallest absolute Gasteiger partial charge is 0.172 e. The van der Waals surface area contributed by atoms with Crippen molar-refractivity contribution in [2.45, 2.75) is 32.0 Å². The zero-order valence-corrected chi connectivity index (χ0v) is 11.7. The lowest BCUT2D eigenvalue weighted by Gasteiger charge is -2.30. The SMILES string of the molecule is Cc1[nH]c2ccccc2c1C1=CCC2(CC1)OCCO2. The number of H-pyrrole nitrogens is 1. The largest absolute Gasteiger partial charge is 0.358 e. The standard InChI is InChI=1S/C17H19NO2/c1-12-16(14-4-2-3-5-15(14)18-12)13-6-8-17(9-7-13)19-10-11-20-17/h2-6,18H,7-11H2,1H3. The van der Waals surface area contributed by atoms with Gasteiger partial charge in [0.1, 0.15) is 0 Å². The number of fused-ring (bicyclic) bond motifs is 1. The third-order valence-electron chi connectivity index (χ3n) is 4.46. The minimum Gasteiger partial charge on any atom is -0.358 e. The highest BCUT2D eigenvalue weighted by atomic mass is 16.7. The first kappa shape index (κ1) is 12.2. The summed E-state index contributed by atoms with van der Waals surface area (Å²) in [6.07, 6.45) is 5.14. The lowest BCUT2D eigenvalue weighted by molar-refractivity contribution is -0.159. The first-order valence-electron chi connectivity index (χ1n) is 7.32. The second-order valence-corrected chi connectivity index (χ2v) is 5.71. The highest BCUT2D eigenvalue weighted by Crippen LogP contribution is 2.40. The fraction of sp³-hybridized carbons (Fsp3) is 0.412. The van der Waals surface area contributed by atoms with Crippen LogP contribution >= 0.6 is 0 Å². The number of aryl methyl sites for hydroxylation is 1. The molecule has 3 heteroatoms. The van der Waals surface area contributed by atoms with Crippen LogP contribution in [-0.4, -0.2) is 24.0 Å². The molecule has 4 rings (SSSR count). The van der Waals surface area contributed by atoms with Gasteiger partial charge in [-0.2, -0.15) is 0 Å². The average molecular weight is 269 g/mol. The molecule has 20 heavy (non-hydrogen) atoms. The summed E-state index contributed by atoms with van der Waals surface area (Å²) in [4.78, 5) is 3.48. The minimum absolute atomic E-state index is 0.330. The van der Waals surface area contributed by atoms with E-state index in [0.29, 0.717) is 0 Å². The lowest BCUT2D eigenvalue weighted by Crippen LogP contribution is -2.31. The van der Waals surface area contributed by atoms with Gasteiger partial charge in [0.2, 0.25) is 0 Å². The van der Waals surface area contributed by atoms with Crippen LogP contribution in [0.1, 0.15) is 30.5 Å². The van der Waals surface area contributed by atoms with Crippen molar-refractivity contribution in [3.05, 3.63) is 41.6 Å². The Morgan fingerprint density at radius 2 is 1.95 bits per heavy atom. The van der Waals surface area contributed by atoms with Crippen LogP contribution in [0.25, 0.3) is 16.5 Å². The molecule has 2 aromatic rings. The number of nitrogens with one attached hydrogen (secondary N) is 1. The van der Waals surface area contributed by atoms with E-state index in [2.05, 4.69) is 42.2 Å². The fourth-order valence-corrected chi connectivity index (χ4v) is 3.48. The molecule has 2 heterocycles. The fourth-order valence-electron chi connectivity index (χ4n) is 3.48. The number of aromatic nitrogens is 1. The number of allylic oxidation sites excluding steroid dienone is 1. The first-order chi connectivity index (χ1) is 9.77. The lowest BCUT2D eigenvalue weighted by atomic mass is 9.88. The van der Waals surface area contributed by atoms with Crippen molar-refractivity contribution in [1.82, 2.24) is 4.98 Å². The Hall–Kier alpha value is -1.58. The van der Waals surface area contributed by atoms with E-state index in [9.17, 15) is 0 Å². The van der Waals surface area contributed by atoms with Gasteiger partial charge in [0.25, 0.3) is 0 Å². The highest BCUT2D eigenvalue weighted by Gasteiger charge is 2.38. The van der Waals surface area contributed by atoms with Crippen molar-refractivity contribution in [3.63, 3.8) is 0 Å². The summed E-state index contributed by atoms with van der Waals surface area (Å²) in [5.41, 5.74) is 5.26. The summed E-state index contributed by atoms with van der Waals surface area (Å²) in [5, 5.41) is 1.32. The summed E-state index contributed by atoms with van der Waals surface area (Å²) in [5.74, 6) is -0.330. The molecule has 1 aromatic carbocycles. The zero-order valence-electron chi connectivity index (χ0n) is 11.7. The van der Waals surface area contributed by atoms with Gasteiger partial charge in [-0.25, -0.2) is 0 Å². The van der Waals surface area contributed by atoms with Crippen molar-refractivity contribution >= 4 is 16.5 Å². The summed E-state index contributed by atoms with van der Waals surface area (Å²) in [7, 11) is 0. The van der Waals surface area contributed by atoms with Crippen LogP contribution in [0.2, 0.25) is 0 Å². The molecule has 2 aliphatic rings. The van der Waals surface area contributed by atoms with Crippen LogP contribution in [0.4, 0.5) is 0 Å². The van der Waals surface area contributed by atoms with Gasteiger partial charge in [0.15, 0.2) is 5.79 Å². The Kier molecular flexibility index (Phi) is 2.72. The quantitative estimate of drug-likeness (QED) is 0.854. The van der Waals surface area contributed by atoms with E-state index in [4.69, 9.17) is 9.47 Å². The number of aromatic amines is 1. The van der Waals surface area contributed by atoms with E-state index in [1.54, 1.807) is 0 Å². The molecular weight excluding hydrogens is 250 g/mol. The predicted molar refractivity (Wildman–Crippen MR) is 79.5 cm³/mol. The number of para-hydroxylation sites is 1. The Morgan fingerprint density at radius 1 is 1.15 bits per heavy atom. The summed E-state index contributed by atoms with van der Waals surface area (Å²) >= 11 is 0. The number of benzene rings is 1. The van der Waals surface area contributed by atoms with E-state index in [-0.39, 0.29) is 5.79 Å². The Bertz CT molecular complexity index is 677. The molecule has 1 fully saturated rings. The van der Waals surface area contributed by atoms with Gasteiger partial charge in [-0.15, -0.1) is 0 Å². The molecule has 1 spiro atoms. The zero-order chi connectivity index (χ0) is 13.6. The maximum atomic E-state index is 5.79. The van der Waals surface area contributed by atoms with E-state index in [0.717, 1.165) is 32.5 Å². The molecular formula is C17H19NO2. The summed E-state index contributed by atoms with van der Waals surface area (Å²) in [6.45, 7) is 3.62. The Balaban J connectivity index is 1.73. The molecule has 0 atom stereocenters. The van der Waals surface area contributed by atoms with E-state index < -0.39 is 0 Å². The average Bonchev–Trinajstić information content (AvgIpc) is 3.04. The molecule has 1 saturated heterocycles. The maximum absolute atomic E-state index is 5.79. The molecule has 1 aliphatic heterocycles. The minimum atomic E-state index is -0.330. The van der Waals surface area contributed by atoms with Crippen LogP contribution in [0.15, 0.2) is 30.3 Å². The van der Waals surface area contributed by atoms with Crippen molar-refractivity contribution in [2.24, 2.45) is 0 Å². The van der Waals surface area contributed by atoms with Crippen LogP contribution in [0.3, 0.4) is 0 Å². The molecule has 0 bridgehead atoms. The first-order valence-corrected chi connectivity index (χ1v) is 7.32. The van der Waals surface area contributed by atoms with Gasteiger partial charge in [-0.1, -0.05) is 24.3 Å². The van der Waals surface area contributed by atoms with Crippen LogP contribution in [0, 0.1) is 6.92 Å². The maximum Gasteiger partial charge on any atom is 0.172 e. The van der Waals surface area contributed by atoms with Gasteiger partial charge >= 0.3 is 0 Å². The normalized spacial score (nSPS) is 21.6. The van der Waals surface area contributed by atoms with Crippen LogP contribution in [-0.2, 0) is 9.47 Å². The van der Waals surface area contributed by atoms with Gasteiger partial charge in [-0.3, -0.25) is 0 Å². The second-order valence-electron chi connectivity index (χ2n) is 5.71. The van der Waals surface area contributed by atoms with E-state index >= 15 is 0 Å². The molecule has 1 N–H and O–H groups in total. The molecule has 0 saturated carbocycles. The Morgan fingerprint density at radius 3 is 2.70 bits per heavy atom. The highest BCUT2D eigenvalue weighted by molar-refractivity contribution is 5.94. The van der Waals surface area contributed by atoms with Gasteiger partial charge in [-0.05, 0) is 25.0 Å². The molecule has 1 aromatic heterocycles. The van der Waals surface area contributed by atoms with E-state index in [1.807, 2.05) is 0 Å². The topological polar surface area (TPSA) is 34.2 Å². The monoisotopic (exact) mass is 269 g/mol. The second kappa shape index (κ2) is 4.47. The van der Waals surface area contributed by atoms with E-state index in [1.165, 1.54) is 27.7 Å². The molecule has 0 radical (unpaired) electrons. The summed E-state index contributed by atoms with van der Waals surface area (Å²) < 4.78 is 11.6. The van der Waals surface area contributed by atoms with Crippen LogP contribution < -0.4 is 0 Å². The molecule has 1 aliphatic carbocycles.